The lowest BCUT2D eigenvalue weighted by molar-refractivity contribution is -0.142. The Labute approximate surface area is 207 Å². The number of carboxylic acids is 1. The van der Waals surface area contributed by atoms with E-state index in [1.807, 2.05) is 52.0 Å². The van der Waals surface area contributed by atoms with Gasteiger partial charge >= 0.3 is 12.1 Å². The van der Waals surface area contributed by atoms with Gasteiger partial charge in [0.25, 0.3) is 0 Å². The number of hydrogen-bond donors (Lipinski definition) is 3. The average Bonchev–Trinajstić information content (AvgIpc) is 3.15. The van der Waals surface area contributed by atoms with Gasteiger partial charge in [-0.05, 0) is 40.5 Å². The molecule has 1 aliphatic carbocycles. The summed E-state index contributed by atoms with van der Waals surface area (Å²) in [4.78, 5) is 36.8. The van der Waals surface area contributed by atoms with Gasteiger partial charge in [0.2, 0.25) is 5.91 Å². The van der Waals surface area contributed by atoms with E-state index in [4.69, 9.17) is 4.74 Å². The van der Waals surface area contributed by atoms with Crippen LogP contribution in [0.5, 0.6) is 0 Å². The first-order valence-electron chi connectivity index (χ1n) is 12.3. The van der Waals surface area contributed by atoms with Crippen LogP contribution >= 0.6 is 0 Å². The van der Waals surface area contributed by atoms with Gasteiger partial charge in [-0.1, -0.05) is 82.6 Å². The standard InChI is InChI=1S/C28H36N2O5/c1-5-18(4)14-25(27(32)33)29-26(31)15-24(17(2)3)30-28(34)35-16-23-21-12-8-6-10-19(21)20-11-7-9-13-22(20)23/h6-13,17-18,23-25H,5,14-16H2,1-4H3,(H,29,31)(H,30,34)(H,32,33). The lowest BCUT2D eigenvalue weighted by Gasteiger charge is -2.24. The van der Waals surface area contributed by atoms with Crippen LogP contribution in [0.25, 0.3) is 11.1 Å². The fourth-order valence-electron chi connectivity index (χ4n) is 4.49. The van der Waals surface area contributed by atoms with Crippen molar-refractivity contribution in [2.24, 2.45) is 11.8 Å². The predicted molar refractivity (Wildman–Crippen MR) is 135 cm³/mol. The van der Waals surface area contributed by atoms with E-state index in [0.717, 1.165) is 28.7 Å². The third-order valence-corrected chi connectivity index (χ3v) is 6.83. The van der Waals surface area contributed by atoms with Gasteiger partial charge in [-0.2, -0.15) is 0 Å². The van der Waals surface area contributed by atoms with Gasteiger partial charge in [0.05, 0.1) is 0 Å². The summed E-state index contributed by atoms with van der Waals surface area (Å²) in [6.45, 7) is 7.92. The number of ether oxygens (including phenoxy) is 1. The Morgan fingerprint density at radius 2 is 1.51 bits per heavy atom. The summed E-state index contributed by atoms with van der Waals surface area (Å²) in [5.74, 6) is -1.37. The molecule has 0 aliphatic heterocycles. The molecule has 7 heteroatoms. The van der Waals surface area contributed by atoms with Gasteiger partial charge in [0, 0.05) is 18.4 Å². The Bertz CT molecular complexity index is 1010. The van der Waals surface area contributed by atoms with Crippen LogP contribution in [0, 0.1) is 11.8 Å². The van der Waals surface area contributed by atoms with Gasteiger partial charge in [-0.15, -0.1) is 0 Å². The normalized spacial score (nSPS) is 15.0. The molecule has 3 unspecified atom stereocenters. The van der Waals surface area contributed by atoms with E-state index in [1.54, 1.807) is 0 Å². The van der Waals surface area contributed by atoms with Crippen LogP contribution in [0.2, 0.25) is 0 Å². The third-order valence-electron chi connectivity index (χ3n) is 6.83. The number of fused-ring (bicyclic) bond motifs is 3. The molecule has 2 aromatic rings. The molecule has 3 rings (SSSR count). The number of carboxylic acid groups (broad SMARTS) is 1. The Hall–Kier alpha value is -3.35. The van der Waals surface area contributed by atoms with Crippen molar-refractivity contribution < 1.29 is 24.2 Å². The zero-order valence-corrected chi connectivity index (χ0v) is 20.9. The number of carbonyl (C=O) groups excluding carboxylic acids is 2. The Morgan fingerprint density at radius 1 is 0.943 bits per heavy atom. The minimum absolute atomic E-state index is 0.0217. The highest BCUT2D eigenvalue weighted by Gasteiger charge is 2.30. The van der Waals surface area contributed by atoms with Crippen molar-refractivity contribution in [1.29, 1.82) is 0 Å². The number of benzene rings is 2. The molecule has 3 atom stereocenters. The first-order valence-corrected chi connectivity index (χ1v) is 12.3. The van der Waals surface area contributed by atoms with E-state index < -0.39 is 30.1 Å². The number of aliphatic carboxylic acids is 1. The van der Waals surface area contributed by atoms with Crippen LogP contribution in [0.3, 0.4) is 0 Å². The van der Waals surface area contributed by atoms with Crippen molar-refractivity contribution in [1.82, 2.24) is 10.6 Å². The first kappa shape index (κ1) is 26.3. The summed E-state index contributed by atoms with van der Waals surface area (Å²) in [5.41, 5.74) is 4.56. The average molecular weight is 481 g/mol. The lowest BCUT2D eigenvalue weighted by atomic mass is 9.97. The summed E-state index contributed by atoms with van der Waals surface area (Å²) in [5, 5.41) is 14.9. The maximum Gasteiger partial charge on any atom is 0.407 e. The highest BCUT2D eigenvalue weighted by molar-refractivity contribution is 5.84. The molecule has 0 saturated heterocycles. The summed E-state index contributed by atoms with van der Waals surface area (Å²) in [6.07, 6.45) is 0.584. The van der Waals surface area contributed by atoms with Crippen LogP contribution in [0.4, 0.5) is 4.79 Å². The van der Waals surface area contributed by atoms with E-state index in [9.17, 15) is 19.5 Å². The second-order valence-corrected chi connectivity index (χ2v) is 9.73. The first-order chi connectivity index (χ1) is 16.7. The van der Waals surface area contributed by atoms with E-state index in [-0.39, 0.29) is 30.8 Å². The molecule has 0 aromatic heterocycles. The molecule has 1 aliphatic rings. The number of rotatable bonds is 11. The molecule has 0 fully saturated rings. The fraction of sp³-hybridized carbons (Fsp3) is 0.464. The molecule has 2 aromatic carbocycles. The van der Waals surface area contributed by atoms with Gasteiger partial charge < -0.3 is 20.5 Å². The number of nitrogens with one attached hydrogen (secondary N) is 2. The van der Waals surface area contributed by atoms with Crippen LogP contribution < -0.4 is 10.6 Å². The molecule has 35 heavy (non-hydrogen) atoms. The summed E-state index contributed by atoms with van der Waals surface area (Å²) >= 11 is 0. The molecule has 2 amide bonds. The third kappa shape index (κ3) is 6.62. The van der Waals surface area contributed by atoms with Crippen molar-refractivity contribution in [2.75, 3.05) is 6.61 Å². The van der Waals surface area contributed by atoms with Gasteiger partial charge in [-0.3, -0.25) is 4.79 Å². The zero-order chi connectivity index (χ0) is 25.5. The summed E-state index contributed by atoms with van der Waals surface area (Å²) < 4.78 is 5.61. The van der Waals surface area contributed by atoms with Gasteiger partial charge in [0.1, 0.15) is 12.6 Å². The highest BCUT2D eigenvalue weighted by atomic mass is 16.5. The van der Waals surface area contributed by atoms with Crippen LogP contribution in [-0.2, 0) is 14.3 Å². The predicted octanol–water partition coefficient (Wildman–Crippen LogP) is 4.95. The van der Waals surface area contributed by atoms with E-state index in [2.05, 4.69) is 34.9 Å². The number of carbonyl (C=O) groups is 3. The molecule has 0 spiro atoms. The highest BCUT2D eigenvalue weighted by Crippen LogP contribution is 2.44. The van der Waals surface area contributed by atoms with Gasteiger partial charge in [0.15, 0.2) is 0 Å². The molecule has 0 heterocycles. The number of hydrogen-bond acceptors (Lipinski definition) is 4. The van der Waals surface area contributed by atoms with E-state index in [0.29, 0.717) is 6.42 Å². The molecule has 7 nitrogen and oxygen atoms in total. The smallest absolute Gasteiger partial charge is 0.407 e. The summed E-state index contributed by atoms with van der Waals surface area (Å²) in [7, 11) is 0. The molecule has 0 saturated carbocycles. The maximum absolute atomic E-state index is 12.7. The van der Waals surface area contributed by atoms with Crippen LogP contribution in [-0.4, -0.2) is 41.8 Å². The number of amides is 2. The van der Waals surface area contributed by atoms with Crippen molar-refractivity contribution in [3.05, 3.63) is 59.7 Å². The molecule has 3 N–H and O–H groups in total. The second-order valence-electron chi connectivity index (χ2n) is 9.73. The lowest BCUT2D eigenvalue weighted by Crippen LogP contribution is -2.47. The zero-order valence-electron chi connectivity index (χ0n) is 20.9. The molecular weight excluding hydrogens is 444 g/mol. The Balaban J connectivity index is 1.59. The van der Waals surface area contributed by atoms with E-state index >= 15 is 0 Å². The second kappa shape index (κ2) is 11.9. The van der Waals surface area contributed by atoms with Crippen molar-refractivity contribution in [2.45, 2.75) is 65.0 Å². The number of alkyl carbamates (subject to hydrolysis) is 1. The quantitative estimate of drug-likeness (QED) is 0.422. The Morgan fingerprint density at radius 3 is 2.03 bits per heavy atom. The van der Waals surface area contributed by atoms with Crippen LogP contribution in [0.1, 0.15) is 64.0 Å². The topological polar surface area (TPSA) is 105 Å². The monoisotopic (exact) mass is 480 g/mol. The minimum atomic E-state index is -1.05. The van der Waals surface area contributed by atoms with Crippen LogP contribution in [0.15, 0.2) is 48.5 Å². The largest absolute Gasteiger partial charge is 0.480 e. The SMILES string of the molecule is CCC(C)CC(NC(=O)CC(NC(=O)OCC1c2ccccc2-c2ccccc21)C(C)C)C(=O)O. The molecule has 0 radical (unpaired) electrons. The van der Waals surface area contributed by atoms with Crippen molar-refractivity contribution in [3.8, 4) is 11.1 Å². The van der Waals surface area contributed by atoms with Gasteiger partial charge in [-0.25, -0.2) is 9.59 Å². The van der Waals surface area contributed by atoms with E-state index in [1.165, 1.54) is 0 Å². The molecule has 0 bridgehead atoms. The van der Waals surface area contributed by atoms with Crippen molar-refractivity contribution in [3.63, 3.8) is 0 Å². The molecular formula is C28H36N2O5. The fourth-order valence-corrected chi connectivity index (χ4v) is 4.49. The minimum Gasteiger partial charge on any atom is -0.480 e. The Kier molecular flexibility index (Phi) is 8.90. The van der Waals surface area contributed by atoms with Crippen molar-refractivity contribution >= 4 is 18.0 Å². The molecule has 188 valence electrons. The maximum atomic E-state index is 12.7. The summed E-state index contributed by atoms with van der Waals surface area (Å²) in [6, 6.07) is 14.8.